The molecule has 15 heavy (non-hydrogen) atoms. The lowest BCUT2D eigenvalue weighted by atomic mass is 10.0. The van der Waals surface area contributed by atoms with E-state index < -0.39 is 48.8 Å². The number of amides is 1. The number of hydrogen-bond acceptors (Lipinski definition) is 4. The topological polar surface area (TPSA) is 83.5 Å². The number of nitrogens with zero attached hydrogens (tertiary/aromatic N) is 1. The molecule has 7 heteroatoms. The SMILES string of the molecule is O=C([O-])[C@@H]1CC2(CN1C(=O)[O-])CC2(F)F. The fraction of sp³-hybridized carbons (Fsp3) is 0.750. The van der Waals surface area contributed by atoms with E-state index in [2.05, 4.69) is 0 Å². The number of carbonyl (C=O) groups is 2. The third-order valence-corrected chi connectivity index (χ3v) is 3.15. The van der Waals surface area contributed by atoms with E-state index in [1.54, 1.807) is 0 Å². The molecule has 1 saturated heterocycles. The third kappa shape index (κ3) is 1.25. The molecule has 1 aliphatic heterocycles. The Bertz CT molecular complexity index is 322. The molecule has 0 bridgehead atoms. The van der Waals surface area contributed by atoms with Gasteiger partial charge in [-0.1, -0.05) is 0 Å². The van der Waals surface area contributed by atoms with Crippen LogP contribution in [0.15, 0.2) is 0 Å². The lowest BCUT2D eigenvalue weighted by molar-refractivity contribution is -0.314. The largest absolute Gasteiger partial charge is 0.548 e. The smallest absolute Gasteiger partial charge is 0.256 e. The fourth-order valence-electron chi connectivity index (χ4n) is 2.16. The third-order valence-electron chi connectivity index (χ3n) is 3.15. The number of halogens is 2. The average molecular weight is 219 g/mol. The van der Waals surface area contributed by atoms with Crippen LogP contribution in [0.2, 0.25) is 0 Å². The summed E-state index contributed by atoms with van der Waals surface area (Å²) in [6.07, 6.45) is -2.60. The van der Waals surface area contributed by atoms with Crippen molar-refractivity contribution in [3.05, 3.63) is 0 Å². The van der Waals surface area contributed by atoms with Crippen LogP contribution >= 0.6 is 0 Å². The van der Waals surface area contributed by atoms with Gasteiger partial charge in [-0.05, 0) is 6.42 Å². The minimum atomic E-state index is -2.97. The first kappa shape index (κ1) is 10.1. The molecule has 84 valence electrons. The van der Waals surface area contributed by atoms with Gasteiger partial charge in [-0.15, -0.1) is 0 Å². The first-order valence-electron chi connectivity index (χ1n) is 4.35. The van der Waals surface area contributed by atoms with E-state index in [4.69, 9.17) is 0 Å². The molecule has 1 saturated carbocycles. The zero-order valence-electron chi connectivity index (χ0n) is 7.53. The summed E-state index contributed by atoms with van der Waals surface area (Å²) in [5, 5.41) is 21.1. The molecule has 0 N–H and O–H groups in total. The van der Waals surface area contributed by atoms with Crippen molar-refractivity contribution in [1.82, 2.24) is 4.90 Å². The van der Waals surface area contributed by atoms with Gasteiger partial charge in [-0.2, -0.15) is 0 Å². The maximum Gasteiger partial charge on any atom is 0.256 e. The van der Waals surface area contributed by atoms with E-state index in [-0.39, 0.29) is 0 Å². The van der Waals surface area contributed by atoms with Crippen molar-refractivity contribution in [1.29, 1.82) is 0 Å². The van der Waals surface area contributed by atoms with Gasteiger partial charge >= 0.3 is 0 Å². The molecule has 0 radical (unpaired) electrons. The van der Waals surface area contributed by atoms with Gasteiger partial charge in [0.25, 0.3) is 5.92 Å². The molecule has 1 unspecified atom stereocenters. The van der Waals surface area contributed by atoms with Crippen molar-refractivity contribution in [2.45, 2.75) is 24.8 Å². The van der Waals surface area contributed by atoms with Crippen molar-refractivity contribution in [2.75, 3.05) is 6.54 Å². The molecule has 0 aromatic rings. The normalized spacial score (nSPS) is 36.9. The summed E-state index contributed by atoms with van der Waals surface area (Å²) in [6, 6.07) is -1.51. The quantitative estimate of drug-likeness (QED) is 0.519. The molecule has 2 fully saturated rings. The predicted molar refractivity (Wildman–Crippen MR) is 37.5 cm³/mol. The molecule has 1 spiro atoms. The van der Waals surface area contributed by atoms with Crippen molar-refractivity contribution in [3.8, 4) is 0 Å². The van der Waals surface area contributed by atoms with E-state index in [0.29, 0.717) is 4.90 Å². The summed E-state index contributed by atoms with van der Waals surface area (Å²) in [5.74, 6) is -4.62. The second-order valence-electron chi connectivity index (χ2n) is 4.09. The molecule has 1 aliphatic carbocycles. The summed E-state index contributed by atoms with van der Waals surface area (Å²) < 4.78 is 25.8. The number of carbonyl (C=O) groups excluding carboxylic acids is 2. The highest BCUT2D eigenvalue weighted by molar-refractivity contribution is 5.78. The zero-order valence-corrected chi connectivity index (χ0v) is 7.53. The maximum absolute atomic E-state index is 12.9. The van der Waals surface area contributed by atoms with Gasteiger partial charge in [-0.25, -0.2) is 8.78 Å². The first-order valence-corrected chi connectivity index (χ1v) is 4.35. The van der Waals surface area contributed by atoms with E-state index in [9.17, 15) is 28.6 Å². The predicted octanol–water partition coefficient (Wildman–Crippen LogP) is -1.82. The number of carboxylic acids is 1. The maximum atomic E-state index is 12.9. The van der Waals surface area contributed by atoms with Crippen LogP contribution in [0.3, 0.4) is 0 Å². The molecule has 1 amide bonds. The van der Waals surface area contributed by atoms with Gasteiger partial charge in [-0.3, -0.25) is 0 Å². The Morgan fingerprint density at radius 2 is 1.87 bits per heavy atom. The molecular formula is C8H7F2NO4-2. The molecule has 2 rings (SSSR count). The van der Waals surface area contributed by atoms with Crippen LogP contribution in [0.5, 0.6) is 0 Å². The van der Waals surface area contributed by atoms with Crippen LogP contribution in [-0.2, 0) is 4.79 Å². The van der Waals surface area contributed by atoms with Gasteiger partial charge in [0.05, 0.1) is 17.4 Å². The Labute approximate surface area is 83.3 Å². The van der Waals surface area contributed by atoms with Crippen molar-refractivity contribution >= 4 is 12.1 Å². The standard InChI is InChI=1S/C8H9F2NO4/c9-8(10)2-7(8)1-4(5(12)13)11(3-7)6(14)15/h4H,1-3H2,(H,12,13)(H,14,15)/p-2/t4-,7?/m0/s1. The lowest BCUT2D eigenvalue weighted by Crippen LogP contribution is -2.51. The van der Waals surface area contributed by atoms with Gasteiger partial charge in [0.1, 0.15) is 6.09 Å². The van der Waals surface area contributed by atoms with Crippen molar-refractivity contribution in [2.24, 2.45) is 5.41 Å². The van der Waals surface area contributed by atoms with Gasteiger partial charge < -0.3 is 24.7 Å². The molecule has 1 heterocycles. The van der Waals surface area contributed by atoms with E-state index in [1.807, 2.05) is 0 Å². The molecule has 0 aromatic heterocycles. The average Bonchev–Trinajstić information content (AvgIpc) is 2.48. The molecular weight excluding hydrogens is 212 g/mol. The number of likely N-dealkylation sites (tertiary alicyclic amines) is 1. The number of rotatable bonds is 1. The van der Waals surface area contributed by atoms with Crippen LogP contribution in [0.1, 0.15) is 12.8 Å². The van der Waals surface area contributed by atoms with Crippen LogP contribution in [0.25, 0.3) is 0 Å². The summed E-state index contributed by atoms with van der Waals surface area (Å²) in [7, 11) is 0. The van der Waals surface area contributed by atoms with E-state index in [1.165, 1.54) is 0 Å². The minimum Gasteiger partial charge on any atom is -0.548 e. The zero-order chi connectivity index (χ0) is 11.4. The molecule has 2 atom stereocenters. The Morgan fingerprint density at radius 1 is 1.33 bits per heavy atom. The summed E-state index contributed by atoms with van der Waals surface area (Å²) in [6.45, 7) is -0.485. The lowest BCUT2D eigenvalue weighted by Gasteiger charge is -2.27. The Hall–Kier alpha value is -1.40. The van der Waals surface area contributed by atoms with Gasteiger partial charge in [0.15, 0.2) is 0 Å². The second-order valence-corrected chi connectivity index (χ2v) is 4.09. The van der Waals surface area contributed by atoms with Crippen LogP contribution in [0.4, 0.5) is 13.6 Å². The Kier molecular flexibility index (Phi) is 1.75. The Balaban J connectivity index is 2.21. The monoisotopic (exact) mass is 219 g/mol. The molecule has 0 aromatic carbocycles. The highest BCUT2D eigenvalue weighted by Crippen LogP contribution is 2.66. The molecule has 5 nitrogen and oxygen atoms in total. The minimum absolute atomic E-state index is 0.393. The van der Waals surface area contributed by atoms with Crippen molar-refractivity contribution < 1.29 is 28.6 Å². The molecule has 2 aliphatic rings. The van der Waals surface area contributed by atoms with Gasteiger partial charge in [0.2, 0.25) is 0 Å². The Morgan fingerprint density at radius 3 is 2.13 bits per heavy atom. The summed E-state index contributed by atoms with van der Waals surface area (Å²) in [5.41, 5.74) is -1.50. The fourth-order valence-corrected chi connectivity index (χ4v) is 2.16. The first-order chi connectivity index (χ1) is 6.79. The van der Waals surface area contributed by atoms with E-state index in [0.717, 1.165) is 0 Å². The van der Waals surface area contributed by atoms with Crippen LogP contribution in [0, 0.1) is 5.41 Å². The highest BCUT2D eigenvalue weighted by Gasteiger charge is 2.74. The number of hydrogen-bond donors (Lipinski definition) is 0. The number of aliphatic carboxylic acids is 1. The number of carboxylic acid groups (broad SMARTS) is 2. The summed E-state index contributed by atoms with van der Waals surface area (Å²) >= 11 is 0. The highest BCUT2D eigenvalue weighted by atomic mass is 19.3. The van der Waals surface area contributed by atoms with Gasteiger partial charge in [0, 0.05) is 13.0 Å². The van der Waals surface area contributed by atoms with E-state index >= 15 is 0 Å². The number of alkyl halides is 2. The van der Waals surface area contributed by atoms with Crippen molar-refractivity contribution in [3.63, 3.8) is 0 Å². The second kappa shape index (κ2) is 2.59. The summed E-state index contributed by atoms with van der Waals surface area (Å²) in [4.78, 5) is 21.5. The van der Waals surface area contributed by atoms with Crippen LogP contribution < -0.4 is 10.2 Å². The van der Waals surface area contributed by atoms with Crippen LogP contribution in [-0.4, -0.2) is 35.5 Å².